The second-order valence-electron chi connectivity index (χ2n) is 9.63. The number of amides is 2. The Morgan fingerprint density at radius 1 is 1.08 bits per heavy atom. The first-order valence-corrected chi connectivity index (χ1v) is 13.7. The van der Waals surface area contributed by atoms with E-state index in [-0.39, 0.29) is 46.4 Å². The van der Waals surface area contributed by atoms with Crippen LogP contribution in [-0.2, 0) is 9.84 Å². The fourth-order valence-electron chi connectivity index (χ4n) is 5.30. The second-order valence-corrected chi connectivity index (χ2v) is 12.2. The van der Waals surface area contributed by atoms with E-state index in [2.05, 4.69) is 15.6 Å². The summed E-state index contributed by atoms with van der Waals surface area (Å²) in [7, 11) is -4.07. The van der Waals surface area contributed by atoms with Crippen molar-refractivity contribution in [3.8, 4) is 0 Å². The Morgan fingerprint density at radius 2 is 1.74 bits per heavy atom. The zero-order valence-corrected chi connectivity index (χ0v) is 21.5. The van der Waals surface area contributed by atoms with Crippen molar-refractivity contribution >= 4 is 38.9 Å². The molecule has 3 fully saturated rings. The minimum Gasteiger partial charge on any atom is -0.441 e. The van der Waals surface area contributed by atoms with E-state index in [0.717, 1.165) is 6.07 Å². The molecule has 3 aliphatic carbocycles. The molecular weight excluding hydrogens is 563 g/mol. The SMILES string of the molecule is O=C(Nc1cc(F)c(F)c(F)c1)c1ccc(Cl)c(S(=O)(=O)[C@H]2CC3CC(C2)[C@]3(O)CNC(=O)c2ncco2)c1. The monoisotopic (exact) mass is 583 g/mol. The van der Waals surface area contributed by atoms with Crippen molar-refractivity contribution in [2.75, 3.05) is 11.9 Å². The molecular formula is C25H21ClF3N3O6S. The molecule has 0 saturated heterocycles. The standard InChI is InChI=1S/C25H21ClF3N3O6S/c26-17-2-1-12(22(33)32-15-9-18(27)21(29)19(28)10-15)5-20(17)39(36,37)16-7-13-6-14(8-16)25(13,35)11-31-23(34)24-30-3-4-38-24/h1-5,9-10,13-14,16,35H,6-8,11H2,(H,31,34)(H,32,33)/t13?,14?,16-,25-. The molecule has 206 valence electrons. The molecule has 14 heteroatoms. The van der Waals surface area contributed by atoms with E-state index in [1.54, 1.807) is 0 Å². The Bertz CT molecular complexity index is 1530. The molecule has 0 aliphatic heterocycles. The van der Waals surface area contributed by atoms with Gasteiger partial charge in [-0.15, -0.1) is 0 Å². The van der Waals surface area contributed by atoms with Crippen LogP contribution < -0.4 is 10.6 Å². The van der Waals surface area contributed by atoms with E-state index >= 15 is 0 Å². The quantitative estimate of drug-likeness (QED) is 0.360. The van der Waals surface area contributed by atoms with Crippen molar-refractivity contribution < 1.29 is 40.7 Å². The highest BCUT2D eigenvalue weighted by Gasteiger charge is 2.60. The molecule has 3 saturated carbocycles. The fourth-order valence-corrected chi connectivity index (χ4v) is 7.71. The van der Waals surface area contributed by atoms with Crippen LogP contribution >= 0.6 is 11.6 Å². The van der Waals surface area contributed by atoms with Gasteiger partial charge in [-0.25, -0.2) is 26.6 Å². The van der Waals surface area contributed by atoms with Gasteiger partial charge in [-0.1, -0.05) is 11.6 Å². The number of aliphatic hydroxyl groups is 1. The summed E-state index contributed by atoms with van der Waals surface area (Å²) < 4.78 is 72.2. The Balaban J connectivity index is 1.30. The first-order chi connectivity index (χ1) is 18.4. The summed E-state index contributed by atoms with van der Waals surface area (Å²) in [6.07, 6.45) is 3.33. The van der Waals surface area contributed by atoms with Gasteiger partial charge in [-0.05, 0) is 49.3 Å². The van der Waals surface area contributed by atoms with Crippen LogP contribution in [0.15, 0.2) is 52.1 Å². The molecule has 0 radical (unpaired) electrons. The number of oxazole rings is 1. The molecule has 1 heterocycles. The van der Waals surface area contributed by atoms with Crippen LogP contribution in [0.1, 0.15) is 40.3 Å². The molecule has 2 atom stereocenters. The lowest BCUT2D eigenvalue weighted by molar-refractivity contribution is -0.171. The summed E-state index contributed by atoms with van der Waals surface area (Å²) in [4.78, 5) is 28.3. The molecule has 3 aromatic rings. The lowest BCUT2D eigenvalue weighted by Gasteiger charge is -2.58. The van der Waals surface area contributed by atoms with Crippen LogP contribution in [0.5, 0.6) is 0 Å². The molecule has 3 N–H and O–H groups in total. The number of benzene rings is 2. The molecule has 2 bridgehead atoms. The molecule has 9 nitrogen and oxygen atoms in total. The van der Waals surface area contributed by atoms with E-state index in [1.807, 2.05) is 0 Å². The predicted octanol–water partition coefficient (Wildman–Crippen LogP) is 3.73. The van der Waals surface area contributed by atoms with E-state index in [4.69, 9.17) is 16.0 Å². The number of hydrogen-bond donors (Lipinski definition) is 3. The summed E-state index contributed by atoms with van der Waals surface area (Å²) in [5.74, 6) is -7.16. The number of halogens is 4. The van der Waals surface area contributed by atoms with Gasteiger partial charge in [0.2, 0.25) is 0 Å². The van der Waals surface area contributed by atoms with Gasteiger partial charge in [-0.2, -0.15) is 0 Å². The van der Waals surface area contributed by atoms with Gasteiger partial charge in [0.15, 0.2) is 27.3 Å². The maximum Gasteiger partial charge on any atom is 0.307 e. The number of fused-ring (bicyclic) bond motifs is 2. The van der Waals surface area contributed by atoms with E-state index < -0.39 is 61.8 Å². The largest absolute Gasteiger partial charge is 0.441 e. The van der Waals surface area contributed by atoms with E-state index in [0.29, 0.717) is 18.6 Å². The van der Waals surface area contributed by atoms with Crippen LogP contribution in [0.25, 0.3) is 0 Å². The van der Waals surface area contributed by atoms with Crippen LogP contribution in [0.3, 0.4) is 0 Å². The zero-order chi connectivity index (χ0) is 28.1. The number of rotatable bonds is 7. The highest BCUT2D eigenvalue weighted by molar-refractivity contribution is 7.92. The number of sulfone groups is 1. The van der Waals surface area contributed by atoms with Gasteiger partial charge in [0, 0.05) is 29.9 Å². The summed E-state index contributed by atoms with van der Waals surface area (Å²) in [6, 6.07) is 4.69. The number of anilines is 1. The van der Waals surface area contributed by atoms with E-state index in [9.17, 15) is 36.3 Å². The normalized spacial score (nSPS) is 24.1. The van der Waals surface area contributed by atoms with Crippen molar-refractivity contribution in [1.29, 1.82) is 0 Å². The number of aromatic nitrogens is 1. The average molecular weight is 584 g/mol. The summed E-state index contributed by atoms with van der Waals surface area (Å²) in [6.45, 7) is -0.0999. The molecule has 3 aliphatic rings. The van der Waals surface area contributed by atoms with Gasteiger partial charge in [-0.3, -0.25) is 9.59 Å². The third kappa shape index (κ3) is 4.90. The van der Waals surface area contributed by atoms with Crippen LogP contribution in [0.2, 0.25) is 5.02 Å². The van der Waals surface area contributed by atoms with Crippen molar-refractivity contribution in [2.45, 2.75) is 35.0 Å². The minimum absolute atomic E-state index is 0.0999. The summed E-state index contributed by atoms with van der Waals surface area (Å²) >= 11 is 6.20. The molecule has 39 heavy (non-hydrogen) atoms. The summed E-state index contributed by atoms with van der Waals surface area (Å²) in [5.41, 5.74) is -1.81. The number of nitrogens with zero attached hydrogens (tertiary/aromatic N) is 1. The van der Waals surface area contributed by atoms with Crippen LogP contribution in [0.4, 0.5) is 18.9 Å². The molecule has 2 amide bonds. The number of hydrogen-bond acceptors (Lipinski definition) is 7. The molecule has 1 aromatic heterocycles. The van der Waals surface area contributed by atoms with Crippen molar-refractivity contribution in [1.82, 2.24) is 10.3 Å². The van der Waals surface area contributed by atoms with Gasteiger partial charge in [0.1, 0.15) is 6.26 Å². The lowest BCUT2D eigenvalue weighted by atomic mass is 9.53. The van der Waals surface area contributed by atoms with Crippen molar-refractivity contribution in [2.24, 2.45) is 11.8 Å². The molecule has 0 spiro atoms. The zero-order valence-electron chi connectivity index (χ0n) is 20.0. The predicted molar refractivity (Wildman–Crippen MR) is 131 cm³/mol. The maximum absolute atomic E-state index is 13.5. The molecule has 2 unspecified atom stereocenters. The number of carbonyl (C=O) groups is 2. The Morgan fingerprint density at radius 3 is 2.36 bits per heavy atom. The highest BCUT2D eigenvalue weighted by Crippen LogP contribution is 2.55. The Kier molecular flexibility index (Phi) is 6.93. The van der Waals surface area contributed by atoms with Gasteiger partial charge in [0.05, 0.1) is 27.0 Å². The lowest BCUT2D eigenvalue weighted by Crippen LogP contribution is -2.66. The fraction of sp³-hybridized carbons (Fsp3) is 0.320. The number of carbonyl (C=O) groups excluding carboxylic acids is 2. The smallest absolute Gasteiger partial charge is 0.307 e. The molecule has 2 aromatic carbocycles. The first-order valence-electron chi connectivity index (χ1n) is 11.8. The average Bonchev–Trinajstić information content (AvgIpc) is 3.45. The van der Waals surface area contributed by atoms with Crippen LogP contribution in [-0.4, -0.2) is 47.7 Å². The van der Waals surface area contributed by atoms with Crippen LogP contribution in [0, 0.1) is 29.3 Å². The minimum atomic E-state index is -4.07. The first kappa shape index (κ1) is 27.2. The summed E-state index contributed by atoms with van der Waals surface area (Å²) in [5, 5.41) is 14.9. The number of nitrogens with one attached hydrogen (secondary N) is 2. The van der Waals surface area contributed by atoms with E-state index in [1.165, 1.54) is 24.6 Å². The maximum atomic E-state index is 13.5. The van der Waals surface area contributed by atoms with Gasteiger partial charge >= 0.3 is 5.91 Å². The highest BCUT2D eigenvalue weighted by atomic mass is 35.5. The second kappa shape index (κ2) is 9.96. The third-order valence-electron chi connectivity index (χ3n) is 7.42. The van der Waals surface area contributed by atoms with Crippen molar-refractivity contribution in [3.63, 3.8) is 0 Å². The third-order valence-corrected chi connectivity index (χ3v) is 10.1. The van der Waals surface area contributed by atoms with Gasteiger partial charge in [0.25, 0.3) is 11.8 Å². The molecule has 6 rings (SSSR count). The Labute approximate surface area is 225 Å². The Hall–Kier alpha value is -3.42. The van der Waals surface area contributed by atoms with Crippen molar-refractivity contribution in [3.05, 3.63) is 76.7 Å². The van der Waals surface area contributed by atoms with Gasteiger partial charge < -0.3 is 20.2 Å². The topological polar surface area (TPSA) is 139 Å².